The average Bonchev–Trinajstić information content (AvgIpc) is 2.97. The van der Waals surface area contributed by atoms with Crippen LogP contribution in [-0.4, -0.2) is 24.5 Å². The molecule has 0 amide bonds. The number of thiazole rings is 1. The fourth-order valence-electron chi connectivity index (χ4n) is 2.68. The SMILES string of the molecule is CCc1ccccc1CNC(=NC)NCCc1nc(CC)c(C)s1. The first kappa shape index (κ1) is 18.5. The molecule has 4 nitrogen and oxygen atoms in total. The molecule has 24 heavy (non-hydrogen) atoms. The molecule has 0 spiro atoms. The molecular weight excluding hydrogens is 316 g/mol. The van der Waals surface area contributed by atoms with Gasteiger partial charge in [-0.25, -0.2) is 4.98 Å². The first-order valence-corrected chi connectivity index (χ1v) is 9.46. The Bertz CT molecular complexity index is 676. The standard InChI is InChI=1S/C19H28N4S/c1-5-15-9-7-8-10-16(15)13-22-19(20-4)21-12-11-18-23-17(6-2)14(3)24-18/h7-10H,5-6,11-13H2,1-4H3,(H2,20,21,22). The van der Waals surface area contributed by atoms with Gasteiger partial charge in [0.25, 0.3) is 0 Å². The van der Waals surface area contributed by atoms with Crippen molar-refractivity contribution in [3.8, 4) is 0 Å². The lowest BCUT2D eigenvalue weighted by atomic mass is 10.1. The molecule has 0 unspecified atom stereocenters. The molecule has 2 rings (SSSR count). The van der Waals surface area contributed by atoms with Crippen molar-refractivity contribution in [2.24, 2.45) is 4.99 Å². The van der Waals surface area contributed by atoms with Gasteiger partial charge in [0, 0.05) is 31.4 Å². The van der Waals surface area contributed by atoms with Crippen LogP contribution in [0, 0.1) is 6.92 Å². The molecule has 0 aliphatic rings. The first-order valence-electron chi connectivity index (χ1n) is 8.64. The van der Waals surface area contributed by atoms with Gasteiger partial charge < -0.3 is 10.6 Å². The third-order valence-corrected chi connectivity index (χ3v) is 5.15. The molecule has 0 fully saturated rings. The lowest BCUT2D eigenvalue weighted by Crippen LogP contribution is -2.38. The minimum Gasteiger partial charge on any atom is -0.356 e. The predicted molar refractivity (Wildman–Crippen MR) is 104 cm³/mol. The van der Waals surface area contributed by atoms with E-state index < -0.39 is 0 Å². The third kappa shape index (κ3) is 5.06. The van der Waals surface area contributed by atoms with Crippen molar-refractivity contribution in [1.82, 2.24) is 15.6 Å². The van der Waals surface area contributed by atoms with E-state index in [1.807, 2.05) is 7.05 Å². The second kappa shape index (κ2) is 9.42. The Hall–Kier alpha value is -1.88. The van der Waals surface area contributed by atoms with Gasteiger partial charge in [0.15, 0.2) is 5.96 Å². The van der Waals surface area contributed by atoms with E-state index in [-0.39, 0.29) is 0 Å². The minimum atomic E-state index is 0.792. The van der Waals surface area contributed by atoms with Gasteiger partial charge in [0.1, 0.15) is 0 Å². The van der Waals surface area contributed by atoms with Crippen LogP contribution in [0.3, 0.4) is 0 Å². The molecule has 1 aromatic carbocycles. The van der Waals surface area contributed by atoms with Crippen LogP contribution in [0.15, 0.2) is 29.3 Å². The second-order valence-electron chi connectivity index (χ2n) is 5.69. The smallest absolute Gasteiger partial charge is 0.191 e. The van der Waals surface area contributed by atoms with Crippen LogP contribution in [0.1, 0.15) is 40.6 Å². The highest BCUT2D eigenvalue weighted by Crippen LogP contribution is 2.17. The topological polar surface area (TPSA) is 49.3 Å². The fraction of sp³-hybridized carbons (Fsp3) is 0.474. The maximum Gasteiger partial charge on any atom is 0.191 e. The number of hydrogen-bond donors (Lipinski definition) is 2. The summed E-state index contributed by atoms with van der Waals surface area (Å²) in [5.74, 6) is 0.838. The molecule has 0 saturated heterocycles. The lowest BCUT2D eigenvalue weighted by molar-refractivity contribution is 0.785. The summed E-state index contributed by atoms with van der Waals surface area (Å²) >= 11 is 1.80. The summed E-state index contributed by atoms with van der Waals surface area (Å²) in [4.78, 5) is 10.3. The molecule has 0 bridgehead atoms. The van der Waals surface area contributed by atoms with Gasteiger partial charge in [0.05, 0.1) is 10.7 Å². The Morgan fingerprint density at radius 1 is 1.12 bits per heavy atom. The van der Waals surface area contributed by atoms with Crippen molar-refractivity contribution >= 4 is 17.3 Å². The maximum absolute atomic E-state index is 4.69. The summed E-state index contributed by atoms with van der Waals surface area (Å²) in [5, 5.41) is 7.97. The number of aliphatic imine (C=N–C) groups is 1. The average molecular weight is 345 g/mol. The van der Waals surface area contributed by atoms with E-state index >= 15 is 0 Å². The largest absolute Gasteiger partial charge is 0.356 e. The normalized spacial score (nSPS) is 11.6. The number of nitrogens with zero attached hydrogens (tertiary/aromatic N) is 2. The highest BCUT2D eigenvalue weighted by molar-refractivity contribution is 7.11. The van der Waals surface area contributed by atoms with Gasteiger partial charge in [-0.3, -0.25) is 4.99 Å². The van der Waals surface area contributed by atoms with E-state index in [0.29, 0.717) is 0 Å². The zero-order valence-electron chi connectivity index (χ0n) is 15.1. The van der Waals surface area contributed by atoms with Crippen LogP contribution >= 0.6 is 11.3 Å². The van der Waals surface area contributed by atoms with Crippen molar-refractivity contribution in [1.29, 1.82) is 0 Å². The van der Waals surface area contributed by atoms with Crippen molar-refractivity contribution in [2.45, 2.75) is 46.6 Å². The van der Waals surface area contributed by atoms with E-state index in [0.717, 1.165) is 38.3 Å². The number of aryl methyl sites for hydroxylation is 3. The Labute approximate surface area is 149 Å². The van der Waals surface area contributed by atoms with Gasteiger partial charge in [-0.15, -0.1) is 11.3 Å². The summed E-state index contributed by atoms with van der Waals surface area (Å²) in [7, 11) is 1.81. The number of nitrogens with one attached hydrogen (secondary N) is 2. The molecule has 0 atom stereocenters. The molecule has 1 aromatic heterocycles. The number of guanidine groups is 1. The van der Waals surface area contributed by atoms with Crippen LogP contribution in [-0.2, 0) is 25.8 Å². The quantitative estimate of drug-likeness (QED) is 0.597. The van der Waals surface area contributed by atoms with Crippen LogP contribution in [0.4, 0.5) is 0 Å². The maximum atomic E-state index is 4.69. The summed E-state index contributed by atoms with van der Waals surface area (Å²) in [5.41, 5.74) is 3.94. The summed E-state index contributed by atoms with van der Waals surface area (Å²) in [6.45, 7) is 8.13. The highest BCUT2D eigenvalue weighted by Gasteiger charge is 2.06. The second-order valence-corrected chi connectivity index (χ2v) is 6.98. The van der Waals surface area contributed by atoms with Crippen LogP contribution in [0.2, 0.25) is 0 Å². The van der Waals surface area contributed by atoms with Crippen molar-refractivity contribution in [3.05, 3.63) is 51.0 Å². The zero-order valence-corrected chi connectivity index (χ0v) is 16.0. The molecule has 2 aromatic rings. The van der Waals surface area contributed by atoms with E-state index in [4.69, 9.17) is 0 Å². The Kier molecular flexibility index (Phi) is 7.25. The third-order valence-electron chi connectivity index (χ3n) is 4.07. The first-order chi connectivity index (χ1) is 11.7. The monoisotopic (exact) mass is 344 g/mol. The van der Waals surface area contributed by atoms with Crippen molar-refractivity contribution < 1.29 is 0 Å². The summed E-state index contributed by atoms with van der Waals surface area (Å²) in [6, 6.07) is 8.53. The van der Waals surface area contributed by atoms with Gasteiger partial charge in [-0.05, 0) is 30.9 Å². The molecule has 0 aliphatic carbocycles. The van der Waals surface area contributed by atoms with Gasteiger partial charge >= 0.3 is 0 Å². The minimum absolute atomic E-state index is 0.792. The molecule has 0 aliphatic heterocycles. The molecule has 130 valence electrons. The molecule has 1 heterocycles. The number of aromatic nitrogens is 1. The predicted octanol–water partition coefficient (Wildman–Crippen LogP) is 3.48. The highest BCUT2D eigenvalue weighted by atomic mass is 32.1. The van der Waals surface area contributed by atoms with E-state index in [9.17, 15) is 0 Å². The fourth-order valence-corrected chi connectivity index (χ4v) is 3.71. The zero-order chi connectivity index (χ0) is 17.4. The van der Waals surface area contributed by atoms with Gasteiger partial charge in [-0.1, -0.05) is 38.1 Å². The van der Waals surface area contributed by atoms with E-state index in [2.05, 4.69) is 65.6 Å². The number of benzene rings is 1. The van der Waals surface area contributed by atoms with E-state index in [1.54, 1.807) is 11.3 Å². The Morgan fingerprint density at radius 2 is 1.88 bits per heavy atom. The van der Waals surface area contributed by atoms with Crippen molar-refractivity contribution in [2.75, 3.05) is 13.6 Å². The van der Waals surface area contributed by atoms with Gasteiger partial charge in [-0.2, -0.15) is 0 Å². The molecule has 2 N–H and O–H groups in total. The van der Waals surface area contributed by atoms with Crippen LogP contribution in [0.5, 0.6) is 0 Å². The van der Waals surface area contributed by atoms with Gasteiger partial charge in [0.2, 0.25) is 0 Å². The van der Waals surface area contributed by atoms with Crippen LogP contribution < -0.4 is 10.6 Å². The Morgan fingerprint density at radius 3 is 2.50 bits per heavy atom. The summed E-state index contributed by atoms with van der Waals surface area (Å²) < 4.78 is 0. The summed E-state index contributed by atoms with van der Waals surface area (Å²) in [6.07, 6.45) is 2.99. The number of rotatable bonds is 7. The van der Waals surface area contributed by atoms with Crippen molar-refractivity contribution in [3.63, 3.8) is 0 Å². The molecule has 5 heteroatoms. The molecular formula is C19H28N4S. The lowest BCUT2D eigenvalue weighted by Gasteiger charge is -2.13. The molecule has 0 saturated carbocycles. The van der Waals surface area contributed by atoms with Crippen LogP contribution in [0.25, 0.3) is 0 Å². The Balaban J connectivity index is 1.82. The van der Waals surface area contributed by atoms with E-state index in [1.165, 1.54) is 26.7 Å². The molecule has 0 radical (unpaired) electrons. The number of hydrogen-bond acceptors (Lipinski definition) is 3.